The van der Waals surface area contributed by atoms with Gasteiger partial charge in [-0.2, -0.15) is 10.5 Å². The maximum atomic E-state index is 12.5. The predicted octanol–water partition coefficient (Wildman–Crippen LogP) is 0.526. The zero-order chi connectivity index (χ0) is 16.5. The quantitative estimate of drug-likeness (QED) is 0.651. The molecular formula is C15H22N4O3. The number of ether oxygens (including phenoxy) is 1. The van der Waals surface area contributed by atoms with E-state index in [0.29, 0.717) is 26.2 Å². The number of hydrogen-bond acceptors (Lipinski definition) is 5. The van der Waals surface area contributed by atoms with Crippen LogP contribution in [-0.4, -0.2) is 61.0 Å². The van der Waals surface area contributed by atoms with E-state index in [-0.39, 0.29) is 37.1 Å². The minimum Gasteiger partial charge on any atom is -0.383 e. The van der Waals surface area contributed by atoms with Gasteiger partial charge in [0.1, 0.15) is 0 Å². The third-order valence-electron chi connectivity index (χ3n) is 3.75. The maximum absolute atomic E-state index is 12.5. The molecule has 1 aliphatic heterocycles. The van der Waals surface area contributed by atoms with Crippen LogP contribution >= 0.6 is 0 Å². The molecule has 0 radical (unpaired) electrons. The number of rotatable bonds is 8. The lowest BCUT2D eigenvalue weighted by Gasteiger charge is -2.26. The van der Waals surface area contributed by atoms with Gasteiger partial charge in [0.25, 0.3) is 0 Å². The molecule has 0 unspecified atom stereocenters. The standard InChI is InChI=1S/C15H22N4O3/c1-12(11-22-2)19-10-13(9-14(19)20)15(21)18(7-3-5-16)8-4-6-17/h12-13H,3-4,7-11H2,1-2H3/t12-,13+/m0/s1. The minimum absolute atomic E-state index is 0.0524. The van der Waals surface area contributed by atoms with Crippen molar-refractivity contribution in [3.8, 4) is 12.1 Å². The number of nitrogens with zero attached hydrogens (tertiary/aromatic N) is 4. The summed E-state index contributed by atoms with van der Waals surface area (Å²) in [6, 6.07) is 3.94. The summed E-state index contributed by atoms with van der Waals surface area (Å²) in [6.45, 7) is 3.29. The molecule has 0 N–H and O–H groups in total. The Kier molecular flexibility index (Phi) is 7.34. The first-order valence-corrected chi connectivity index (χ1v) is 7.36. The van der Waals surface area contributed by atoms with E-state index < -0.39 is 5.92 Å². The van der Waals surface area contributed by atoms with Gasteiger partial charge in [-0.25, -0.2) is 0 Å². The summed E-state index contributed by atoms with van der Waals surface area (Å²) in [7, 11) is 1.57. The van der Waals surface area contributed by atoms with Crippen molar-refractivity contribution >= 4 is 11.8 Å². The van der Waals surface area contributed by atoms with Gasteiger partial charge in [-0.3, -0.25) is 9.59 Å². The molecule has 0 aromatic carbocycles. The molecule has 0 spiro atoms. The summed E-state index contributed by atoms with van der Waals surface area (Å²) in [5, 5.41) is 17.3. The number of carbonyl (C=O) groups excluding carboxylic acids is 2. The molecule has 2 amide bonds. The summed E-state index contributed by atoms with van der Waals surface area (Å²) in [5.41, 5.74) is 0. The molecule has 1 aliphatic rings. The summed E-state index contributed by atoms with van der Waals surface area (Å²) < 4.78 is 5.05. The van der Waals surface area contributed by atoms with Crippen molar-refractivity contribution in [3.05, 3.63) is 0 Å². The Labute approximate surface area is 131 Å². The molecule has 0 aromatic rings. The molecular weight excluding hydrogens is 284 g/mol. The van der Waals surface area contributed by atoms with E-state index in [1.54, 1.807) is 12.0 Å². The van der Waals surface area contributed by atoms with Crippen LogP contribution in [0.1, 0.15) is 26.2 Å². The third kappa shape index (κ3) is 4.71. The average Bonchev–Trinajstić information content (AvgIpc) is 2.89. The molecule has 1 rings (SSSR count). The van der Waals surface area contributed by atoms with Crippen molar-refractivity contribution in [1.82, 2.24) is 9.80 Å². The van der Waals surface area contributed by atoms with Gasteiger partial charge in [0.05, 0.1) is 43.5 Å². The zero-order valence-corrected chi connectivity index (χ0v) is 13.1. The third-order valence-corrected chi connectivity index (χ3v) is 3.75. The lowest BCUT2D eigenvalue weighted by Crippen LogP contribution is -2.41. The average molecular weight is 306 g/mol. The molecule has 0 aliphatic carbocycles. The van der Waals surface area contributed by atoms with E-state index in [0.717, 1.165) is 0 Å². The minimum atomic E-state index is -0.399. The van der Waals surface area contributed by atoms with Gasteiger partial charge in [-0.05, 0) is 6.92 Å². The Morgan fingerprint density at radius 2 is 2.00 bits per heavy atom. The van der Waals surface area contributed by atoms with Crippen molar-refractivity contribution < 1.29 is 14.3 Å². The molecule has 0 aromatic heterocycles. The number of nitriles is 2. The molecule has 7 nitrogen and oxygen atoms in total. The number of likely N-dealkylation sites (tertiary alicyclic amines) is 1. The Balaban J connectivity index is 2.68. The van der Waals surface area contributed by atoms with Crippen LogP contribution in [0.25, 0.3) is 0 Å². The van der Waals surface area contributed by atoms with E-state index in [2.05, 4.69) is 0 Å². The van der Waals surface area contributed by atoms with Crippen molar-refractivity contribution in [3.63, 3.8) is 0 Å². The smallest absolute Gasteiger partial charge is 0.228 e. The Morgan fingerprint density at radius 1 is 1.41 bits per heavy atom. The number of carbonyl (C=O) groups is 2. The second kappa shape index (κ2) is 9.01. The Morgan fingerprint density at radius 3 is 2.50 bits per heavy atom. The van der Waals surface area contributed by atoms with E-state index in [4.69, 9.17) is 15.3 Å². The predicted molar refractivity (Wildman–Crippen MR) is 78.2 cm³/mol. The first kappa shape index (κ1) is 17.9. The molecule has 1 saturated heterocycles. The monoisotopic (exact) mass is 306 g/mol. The maximum Gasteiger partial charge on any atom is 0.228 e. The second-order valence-corrected chi connectivity index (χ2v) is 5.39. The van der Waals surface area contributed by atoms with Gasteiger partial charge in [-0.1, -0.05) is 0 Å². The summed E-state index contributed by atoms with van der Waals surface area (Å²) >= 11 is 0. The molecule has 7 heteroatoms. The van der Waals surface area contributed by atoms with Gasteiger partial charge < -0.3 is 14.5 Å². The van der Waals surface area contributed by atoms with E-state index in [9.17, 15) is 9.59 Å². The van der Waals surface area contributed by atoms with Crippen molar-refractivity contribution in [1.29, 1.82) is 10.5 Å². The van der Waals surface area contributed by atoms with E-state index in [1.165, 1.54) is 4.90 Å². The normalized spacial score (nSPS) is 18.6. The van der Waals surface area contributed by atoms with Crippen LogP contribution < -0.4 is 0 Å². The number of hydrogen-bond donors (Lipinski definition) is 0. The molecule has 120 valence electrons. The topological polar surface area (TPSA) is 97.4 Å². The summed E-state index contributed by atoms with van der Waals surface area (Å²) in [5.74, 6) is -0.599. The van der Waals surface area contributed by atoms with Crippen LogP contribution in [0.5, 0.6) is 0 Å². The first-order chi connectivity index (χ1) is 10.5. The fourth-order valence-corrected chi connectivity index (χ4v) is 2.61. The fourth-order valence-electron chi connectivity index (χ4n) is 2.61. The SMILES string of the molecule is COC[C@H](C)N1C[C@H](C(=O)N(CCC#N)CCC#N)CC1=O. The van der Waals surface area contributed by atoms with Gasteiger partial charge >= 0.3 is 0 Å². The Bertz CT molecular complexity index is 462. The van der Waals surface area contributed by atoms with Gasteiger partial charge in [0.15, 0.2) is 0 Å². The van der Waals surface area contributed by atoms with Gasteiger partial charge in [0, 0.05) is 33.2 Å². The fraction of sp³-hybridized carbons (Fsp3) is 0.733. The highest BCUT2D eigenvalue weighted by Gasteiger charge is 2.38. The highest BCUT2D eigenvalue weighted by atomic mass is 16.5. The molecule has 2 atom stereocenters. The largest absolute Gasteiger partial charge is 0.383 e. The second-order valence-electron chi connectivity index (χ2n) is 5.39. The van der Waals surface area contributed by atoms with Crippen LogP contribution in [0.15, 0.2) is 0 Å². The molecule has 1 fully saturated rings. The highest BCUT2D eigenvalue weighted by molar-refractivity contribution is 5.89. The van der Waals surface area contributed by atoms with Crippen LogP contribution in [0.4, 0.5) is 0 Å². The van der Waals surface area contributed by atoms with E-state index in [1.807, 2.05) is 19.1 Å². The molecule has 0 bridgehead atoms. The van der Waals surface area contributed by atoms with Crippen molar-refractivity contribution in [2.45, 2.75) is 32.2 Å². The van der Waals surface area contributed by atoms with Crippen molar-refractivity contribution in [2.24, 2.45) is 5.92 Å². The lowest BCUT2D eigenvalue weighted by atomic mass is 10.1. The van der Waals surface area contributed by atoms with Gasteiger partial charge in [-0.15, -0.1) is 0 Å². The molecule has 0 saturated carbocycles. The van der Waals surface area contributed by atoms with Crippen molar-refractivity contribution in [2.75, 3.05) is 33.4 Å². The number of amides is 2. The Hall–Kier alpha value is -2.12. The van der Waals surface area contributed by atoms with Crippen LogP contribution in [0.2, 0.25) is 0 Å². The zero-order valence-electron chi connectivity index (χ0n) is 13.1. The molecule has 1 heterocycles. The summed E-state index contributed by atoms with van der Waals surface area (Å²) in [4.78, 5) is 27.8. The highest BCUT2D eigenvalue weighted by Crippen LogP contribution is 2.22. The van der Waals surface area contributed by atoms with E-state index >= 15 is 0 Å². The first-order valence-electron chi connectivity index (χ1n) is 7.36. The molecule has 22 heavy (non-hydrogen) atoms. The van der Waals surface area contributed by atoms with Crippen LogP contribution in [-0.2, 0) is 14.3 Å². The van der Waals surface area contributed by atoms with Crippen LogP contribution in [0.3, 0.4) is 0 Å². The lowest BCUT2D eigenvalue weighted by molar-refractivity contribution is -0.135. The number of methoxy groups -OCH3 is 1. The van der Waals surface area contributed by atoms with Crippen LogP contribution in [0, 0.1) is 28.6 Å². The summed E-state index contributed by atoms with van der Waals surface area (Å²) in [6.07, 6.45) is 0.631. The van der Waals surface area contributed by atoms with Gasteiger partial charge in [0.2, 0.25) is 11.8 Å².